The number of nitrogen functional groups attached to an aromatic ring is 1. The monoisotopic (exact) mass is 399 g/mol. The highest BCUT2D eigenvalue weighted by Crippen LogP contribution is 2.32. The molecule has 1 atom stereocenters. The number of hydrazine groups is 1. The van der Waals surface area contributed by atoms with Crippen LogP contribution in [-0.4, -0.2) is 36.1 Å². The summed E-state index contributed by atoms with van der Waals surface area (Å²) in [5.74, 6) is 0.314. The van der Waals surface area contributed by atoms with Crippen LogP contribution in [0.25, 0.3) is 0 Å². The summed E-state index contributed by atoms with van der Waals surface area (Å²) >= 11 is 0. The van der Waals surface area contributed by atoms with E-state index in [9.17, 15) is 9.18 Å². The number of hydrogen-bond acceptors (Lipinski definition) is 4. The molecule has 1 aliphatic heterocycles. The van der Waals surface area contributed by atoms with Crippen LogP contribution in [0.2, 0.25) is 0 Å². The summed E-state index contributed by atoms with van der Waals surface area (Å²) in [6.07, 6.45) is 3.03. The maximum absolute atomic E-state index is 13.3. The summed E-state index contributed by atoms with van der Waals surface area (Å²) in [5.41, 5.74) is 10.7. The van der Waals surface area contributed by atoms with E-state index in [0.717, 1.165) is 53.7 Å². The first-order valence-electron chi connectivity index (χ1n) is 10.1. The molecule has 3 rings (SSSR count). The zero-order valence-electron chi connectivity index (χ0n) is 17.7. The molecule has 5 nitrogen and oxygen atoms in total. The summed E-state index contributed by atoms with van der Waals surface area (Å²) < 4.78 is 19.2. The average Bonchev–Trinajstić information content (AvgIpc) is 2.73. The molecule has 0 aliphatic carbocycles. The van der Waals surface area contributed by atoms with E-state index in [2.05, 4.69) is 5.01 Å². The number of likely N-dealkylation sites (N-methyl/N-ethyl adjacent to an activating group) is 1. The lowest BCUT2D eigenvalue weighted by atomic mass is 9.96. The average molecular weight is 400 g/mol. The van der Waals surface area contributed by atoms with Gasteiger partial charge in [0.05, 0.1) is 6.04 Å². The molecule has 1 fully saturated rings. The first-order valence-corrected chi connectivity index (χ1v) is 10.1. The zero-order valence-corrected chi connectivity index (χ0v) is 17.7. The highest BCUT2D eigenvalue weighted by atomic mass is 19.1. The Morgan fingerprint density at radius 3 is 2.59 bits per heavy atom. The zero-order chi connectivity index (χ0) is 21.1. The van der Waals surface area contributed by atoms with Gasteiger partial charge in [-0.25, -0.2) is 9.40 Å². The van der Waals surface area contributed by atoms with Crippen LogP contribution in [0.3, 0.4) is 0 Å². The minimum atomic E-state index is -0.251. The molecule has 0 bridgehead atoms. The second-order valence-corrected chi connectivity index (χ2v) is 7.79. The Balaban J connectivity index is 1.71. The van der Waals surface area contributed by atoms with Crippen LogP contribution in [0.5, 0.6) is 5.75 Å². The van der Waals surface area contributed by atoms with Gasteiger partial charge in [-0.2, -0.15) is 0 Å². The summed E-state index contributed by atoms with van der Waals surface area (Å²) in [5, 5.41) is 3.72. The molecule has 1 amide bonds. The predicted molar refractivity (Wildman–Crippen MR) is 113 cm³/mol. The van der Waals surface area contributed by atoms with E-state index in [1.807, 2.05) is 26.8 Å². The number of carbonyl (C=O) groups is 1. The van der Waals surface area contributed by atoms with Crippen molar-refractivity contribution in [2.75, 3.05) is 25.9 Å². The molecule has 2 aromatic carbocycles. The molecular weight excluding hydrogens is 369 g/mol. The maximum atomic E-state index is 13.3. The van der Waals surface area contributed by atoms with Crippen molar-refractivity contribution in [2.24, 2.45) is 0 Å². The van der Waals surface area contributed by atoms with Gasteiger partial charge in [0.2, 0.25) is 0 Å². The SMILES string of the molecule is Cc1cc(OCC(=O)N(C)N2CCCCC2c2ccc(F)cc2)c(C)c(C)c1N. The smallest absolute Gasteiger partial charge is 0.274 e. The normalized spacial score (nSPS) is 17.2. The summed E-state index contributed by atoms with van der Waals surface area (Å²) in [6, 6.07) is 8.49. The van der Waals surface area contributed by atoms with Crippen LogP contribution in [0, 0.1) is 26.6 Å². The standard InChI is InChI=1S/C23H30FN3O2/c1-15-13-21(16(2)17(3)23(15)25)29-14-22(28)26(4)27-12-6-5-7-20(27)18-8-10-19(24)11-9-18/h8-11,13,20H,5-7,12,14,25H2,1-4H3. The van der Waals surface area contributed by atoms with Crippen LogP contribution in [0.4, 0.5) is 10.1 Å². The van der Waals surface area contributed by atoms with E-state index >= 15 is 0 Å². The lowest BCUT2D eigenvalue weighted by Crippen LogP contribution is -2.49. The van der Waals surface area contributed by atoms with Gasteiger partial charge < -0.3 is 10.5 Å². The van der Waals surface area contributed by atoms with E-state index in [1.165, 1.54) is 12.1 Å². The molecule has 0 radical (unpaired) electrons. The van der Waals surface area contributed by atoms with Gasteiger partial charge in [0.15, 0.2) is 6.61 Å². The van der Waals surface area contributed by atoms with Crippen LogP contribution >= 0.6 is 0 Å². The molecule has 6 heteroatoms. The number of aryl methyl sites for hydroxylation is 1. The van der Waals surface area contributed by atoms with E-state index in [1.54, 1.807) is 24.2 Å². The minimum absolute atomic E-state index is 0.0488. The number of halogens is 1. The number of benzene rings is 2. The number of ether oxygens (including phenoxy) is 1. The van der Waals surface area contributed by atoms with Crippen molar-refractivity contribution in [1.82, 2.24) is 10.0 Å². The number of rotatable bonds is 5. The Labute approximate surface area is 172 Å². The molecule has 0 aromatic heterocycles. The van der Waals surface area contributed by atoms with Crippen molar-refractivity contribution < 1.29 is 13.9 Å². The topological polar surface area (TPSA) is 58.8 Å². The van der Waals surface area contributed by atoms with Gasteiger partial charge in [0.1, 0.15) is 11.6 Å². The molecule has 2 aromatic rings. The van der Waals surface area contributed by atoms with Crippen molar-refractivity contribution in [1.29, 1.82) is 0 Å². The molecule has 1 aliphatic rings. The summed E-state index contributed by atoms with van der Waals surface area (Å²) in [6.45, 7) is 6.57. The van der Waals surface area contributed by atoms with Crippen molar-refractivity contribution >= 4 is 11.6 Å². The Bertz CT molecular complexity index is 883. The molecule has 0 saturated carbocycles. The van der Waals surface area contributed by atoms with Crippen LogP contribution in [-0.2, 0) is 4.79 Å². The third kappa shape index (κ3) is 4.53. The molecular formula is C23H30FN3O2. The number of piperidine rings is 1. The van der Waals surface area contributed by atoms with Gasteiger partial charge >= 0.3 is 0 Å². The van der Waals surface area contributed by atoms with E-state index < -0.39 is 0 Å². The molecule has 1 saturated heterocycles. The van der Waals surface area contributed by atoms with Gasteiger partial charge in [-0.15, -0.1) is 0 Å². The largest absolute Gasteiger partial charge is 0.483 e. The molecule has 1 heterocycles. The lowest BCUT2D eigenvalue weighted by Gasteiger charge is -2.41. The van der Waals surface area contributed by atoms with Crippen LogP contribution in [0.15, 0.2) is 30.3 Å². The Morgan fingerprint density at radius 2 is 1.90 bits per heavy atom. The number of carbonyl (C=O) groups excluding carboxylic acids is 1. The van der Waals surface area contributed by atoms with E-state index in [0.29, 0.717) is 5.75 Å². The fourth-order valence-corrected chi connectivity index (χ4v) is 3.89. The molecule has 1 unspecified atom stereocenters. The van der Waals surface area contributed by atoms with Crippen molar-refractivity contribution in [3.63, 3.8) is 0 Å². The highest BCUT2D eigenvalue weighted by molar-refractivity contribution is 5.77. The predicted octanol–water partition coefficient (Wildman–Crippen LogP) is 4.31. The van der Waals surface area contributed by atoms with Crippen LogP contribution in [0.1, 0.15) is 47.6 Å². The van der Waals surface area contributed by atoms with E-state index in [4.69, 9.17) is 10.5 Å². The number of nitrogens with two attached hydrogens (primary N) is 1. The fraction of sp³-hybridized carbons (Fsp3) is 0.435. The Hall–Kier alpha value is -2.60. The molecule has 0 spiro atoms. The van der Waals surface area contributed by atoms with Gasteiger partial charge in [-0.3, -0.25) is 9.80 Å². The highest BCUT2D eigenvalue weighted by Gasteiger charge is 2.29. The minimum Gasteiger partial charge on any atom is -0.483 e. The first kappa shape index (κ1) is 21.1. The second kappa shape index (κ2) is 8.82. The summed E-state index contributed by atoms with van der Waals surface area (Å²) in [4.78, 5) is 12.9. The van der Waals surface area contributed by atoms with Gasteiger partial charge in [0, 0.05) is 19.3 Å². The number of hydrogen-bond donors (Lipinski definition) is 1. The van der Waals surface area contributed by atoms with Gasteiger partial charge in [-0.05, 0) is 74.1 Å². The van der Waals surface area contributed by atoms with Gasteiger partial charge in [0.25, 0.3) is 5.91 Å². The van der Waals surface area contributed by atoms with Crippen LogP contribution < -0.4 is 10.5 Å². The third-order valence-corrected chi connectivity index (χ3v) is 5.94. The van der Waals surface area contributed by atoms with Gasteiger partial charge in [-0.1, -0.05) is 18.6 Å². The van der Waals surface area contributed by atoms with E-state index in [-0.39, 0.29) is 24.4 Å². The first-order chi connectivity index (χ1) is 13.8. The van der Waals surface area contributed by atoms with Crippen molar-refractivity contribution in [3.05, 3.63) is 58.4 Å². The quantitative estimate of drug-likeness (QED) is 0.761. The Kier molecular flexibility index (Phi) is 6.42. The Morgan fingerprint density at radius 1 is 1.21 bits per heavy atom. The maximum Gasteiger partial charge on any atom is 0.274 e. The fourth-order valence-electron chi connectivity index (χ4n) is 3.89. The molecule has 2 N–H and O–H groups in total. The third-order valence-electron chi connectivity index (χ3n) is 5.94. The van der Waals surface area contributed by atoms with Crippen molar-refractivity contribution in [3.8, 4) is 5.75 Å². The summed E-state index contributed by atoms with van der Waals surface area (Å²) in [7, 11) is 1.78. The molecule has 156 valence electrons. The lowest BCUT2D eigenvalue weighted by molar-refractivity contribution is -0.155. The van der Waals surface area contributed by atoms with Crippen molar-refractivity contribution in [2.45, 2.75) is 46.1 Å². The molecule has 29 heavy (non-hydrogen) atoms. The second-order valence-electron chi connectivity index (χ2n) is 7.79. The number of amides is 1. The number of anilines is 1. The number of nitrogens with zero attached hydrogens (tertiary/aromatic N) is 2.